The maximum absolute atomic E-state index is 12.6. The van der Waals surface area contributed by atoms with E-state index in [1.807, 2.05) is 0 Å². The Morgan fingerprint density at radius 2 is 2.17 bits per heavy atom. The smallest absolute Gasteiger partial charge is 0.213 e. The fraction of sp³-hybridized carbons (Fsp3) is 0.222. The number of benzene rings is 1. The van der Waals surface area contributed by atoms with Crippen LogP contribution in [-0.4, -0.2) is 13.0 Å². The summed E-state index contributed by atoms with van der Waals surface area (Å²) >= 11 is 0. The molecule has 0 aromatic heterocycles. The lowest BCUT2D eigenvalue weighted by Crippen LogP contribution is -2.03. The van der Waals surface area contributed by atoms with E-state index in [1.54, 1.807) is 6.92 Å². The molecule has 1 N–H and O–H groups in total. The number of halogens is 1. The van der Waals surface area contributed by atoms with Gasteiger partial charge in [0.15, 0.2) is 0 Å². The van der Waals surface area contributed by atoms with Crippen LogP contribution in [0.1, 0.15) is 11.1 Å². The molecule has 0 bridgehead atoms. The standard InChI is InChI=1S/C9H10FNO/c1-6-5-7(10)3-4-8(6)9(11)12-2/h3-5,11H,1-2H3. The normalized spacial score (nSPS) is 9.58. The Labute approximate surface area is 70.5 Å². The zero-order chi connectivity index (χ0) is 9.14. The molecule has 0 atom stereocenters. The second-order valence-corrected chi connectivity index (χ2v) is 2.49. The summed E-state index contributed by atoms with van der Waals surface area (Å²) in [7, 11) is 1.42. The van der Waals surface area contributed by atoms with Crippen LogP contribution in [0.15, 0.2) is 18.2 Å². The van der Waals surface area contributed by atoms with E-state index in [1.165, 1.54) is 25.3 Å². The van der Waals surface area contributed by atoms with E-state index in [4.69, 9.17) is 10.1 Å². The quantitative estimate of drug-likeness (QED) is 0.504. The molecule has 3 heteroatoms. The zero-order valence-corrected chi connectivity index (χ0v) is 7.02. The van der Waals surface area contributed by atoms with Gasteiger partial charge in [0.05, 0.1) is 7.11 Å². The van der Waals surface area contributed by atoms with Crippen LogP contribution in [-0.2, 0) is 4.74 Å². The van der Waals surface area contributed by atoms with Gasteiger partial charge in [0.2, 0.25) is 5.90 Å². The van der Waals surface area contributed by atoms with Crippen molar-refractivity contribution in [3.8, 4) is 0 Å². The van der Waals surface area contributed by atoms with Crippen molar-refractivity contribution < 1.29 is 9.13 Å². The van der Waals surface area contributed by atoms with Gasteiger partial charge in [-0.25, -0.2) is 4.39 Å². The predicted molar refractivity (Wildman–Crippen MR) is 45.0 cm³/mol. The van der Waals surface area contributed by atoms with E-state index in [2.05, 4.69) is 0 Å². The Morgan fingerprint density at radius 3 is 2.67 bits per heavy atom. The lowest BCUT2D eigenvalue weighted by molar-refractivity contribution is 0.401. The van der Waals surface area contributed by atoms with Gasteiger partial charge < -0.3 is 4.74 Å². The molecule has 64 valence electrons. The molecule has 1 aromatic rings. The Hall–Kier alpha value is -1.38. The molecule has 0 aliphatic rings. The van der Waals surface area contributed by atoms with Gasteiger partial charge in [0.1, 0.15) is 5.82 Å². The summed E-state index contributed by atoms with van der Waals surface area (Å²) < 4.78 is 17.3. The van der Waals surface area contributed by atoms with Gasteiger partial charge in [-0.3, -0.25) is 5.41 Å². The van der Waals surface area contributed by atoms with Crippen LogP contribution in [0.4, 0.5) is 4.39 Å². The number of nitrogens with one attached hydrogen (secondary N) is 1. The number of rotatable bonds is 1. The average Bonchev–Trinajstić information content (AvgIpc) is 2.03. The molecule has 0 saturated carbocycles. The van der Waals surface area contributed by atoms with Crippen LogP contribution >= 0.6 is 0 Å². The molecule has 0 unspecified atom stereocenters. The monoisotopic (exact) mass is 167 g/mol. The first-order valence-corrected chi connectivity index (χ1v) is 3.54. The summed E-state index contributed by atoms with van der Waals surface area (Å²) in [6, 6.07) is 4.23. The summed E-state index contributed by atoms with van der Waals surface area (Å²) in [6.07, 6.45) is 0. The van der Waals surface area contributed by atoms with Crippen LogP contribution < -0.4 is 0 Å². The molecule has 0 radical (unpaired) electrons. The summed E-state index contributed by atoms with van der Waals surface area (Å²) in [5, 5.41) is 7.35. The van der Waals surface area contributed by atoms with Crippen LogP contribution in [0.3, 0.4) is 0 Å². The lowest BCUT2D eigenvalue weighted by Gasteiger charge is -2.05. The van der Waals surface area contributed by atoms with Crippen LogP contribution in [0.25, 0.3) is 0 Å². The minimum absolute atomic E-state index is 0.0625. The van der Waals surface area contributed by atoms with Crippen molar-refractivity contribution in [1.29, 1.82) is 5.41 Å². The van der Waals surface area contributed by atoms with Crippen LogP contribution in [0.2, 0.25) is 0 Å². The largest absolute Gasteiger partial charge is 0.481 e. The van der Waals surface area contributed by atoms with Gasteiger partial charge in [-0.15, -0.1) is 0 Å². The van der Waals surface area contributed by atoms with E-state index in [-0.39, 0.29) is 11.7 Å². The Kier molecular flexibility index (Phi) is 2.43. The highest BCUT2D eigenvalue weighted by atomic mass is 19.1. The van der Waals surface area contributed by atoms with Crippen LogP contribution in [0.5, 0.6) is 0 Å². The molecule has 12 heavy (non-hydrogen) atoms. The third kappa shape index (κ3) is 1.61. The fourth-order valence-electron chi connectivity index (χ4n) is 0.992. The molecule has 2 nitrogen and oxygen atoms in total. The summed E-state index contributed by atoms with van der Waals surface area (Å²) in [5.41, 5.74) is 1.33. The Bertz CT molecular complexity index is 309. The van der Waals surface area contributed by atoms with E-state index in [0.717, 1.165) is 0 Å². The summed E-state index contributed by atoms with van der Waals surface area (Å²) in [6.45, 7) is 1.74. The second kappa shape index (κ2) is 3.34. The first kappa shape index (κ1) is 8.71. The number of methoxy groups -OCH3 is 1. The predicted octanol–water partition coefficient (Wildman–Crippen LogP) is 2.11. The number of hydrogen-bond acceptors (Lipinski definition) is 2. The molecule has 1 aromatic carbocycles. The first-order chi connectivity index (χ1) is 5.65. The molecular formula is C9H10FNO. The number of ether oxygens (including phenoxy) is 1. The minimum Gasteiger partial charge on any atom is -0.481 e. The maximum Gasteiger partial charge on any atom is 0.213 e. The van der Waals surface area contributed by atoms with Gasteiger partial charge in [-0.2, -0.15) is 0 Å². The average molecular weight is 167 g/mol. The van der Waals surface area contributed by atoms with Gasteiger partial charge in [0.25, 0.3) is 0 Å². The highest BCUT2D eigenvalue weighted by Gasteiger charge is 2.04. The highest BCUT2D eigenvalue weighted by Crippen LogP contribution is 2.10. The number of hydrogen-bond donors (Lipinski definition) is 1. The van der Waals surface area contributed by atoms with Crippen molar-refractivity contribution >= 4 is 5.90 Å². The Balaban J connectivity index is 3.09. The summed E-state index contributed by atoms with van der Waals surface area (Å²) in [5.74, 6) is -0.229. The molecule has 0 saturated heterocycles. The zero-order valence-electron chi connectivity index (χ0n) is 7.02. The molecule has 0 spiro atoms. The fourth-order valence-corrected chi connectivity index (χ4v) is 0.992. The molecule has 1 rings (SSSR count). The van der Waals surface area contributed by atoms with Gasteiger partial charge in [-0.05, 0) is 30.7 Å². The molecule has 0 aliphatic carbocycles. The van der Waals surface area contributed by atoms with Crippen LogP contribution in [0, 0.1) is 18.2 Å². The van der Waals surface area contributed by atoms with Crippen molar-refractivity contribution in [3.05, 3.63) is 35.1 Å². The maximum atomic E-state index is 12.6. The highest BCUT2D eigenvalue weighted by molar-refractivity contribution is 5.92. The van der Waals surface area contributed by atoms with E-state index in [0.29, 0.717) is 11.1 Å². The van der Waals surface area contributed by atoms with E-state index < -0.39 is 0 Å². The minimum atomic E-state index is -0.292. The lowest BCUT2D eigenvalue weighted by atomic mass is 10.1. The molecule has 0 aliphatic heterocycles. The van der Waals surface area contributed by atoms with Gasteiger partial charge >= 0.3 is 0 Å². The second-order valence-electron chi connectivity index (χ2n) is 2.49. The first-order valence-electron chi connectivity index (χ1n) is 3.54. The van der Waals surface area contributed by atoms with Gasteiger partial charge in [0, 0.05) is 5.56 Å². The van der Waals surface area contributed by atoms with Crippen molar-refractivity contribution in [1.82, 2.24) is 0 Å². The van der Waals surface area contributed by atoms with E-state index >= 15 is 0 Å². The Morgan fingerprint density at radius 1 is 1.50 bits per heavy atom. The molecule has 0 heterocycles. The van der Waals surface area contributed by atoms with Crippen molar-refractivity contribution in [2.45, 2.75) is 6.92 Å². The molecule has 0 amide bonds. The molecular weight excluding hydrogens is 157 g/mol. The van der Waals surface area contributed by atoms with Crippen molar-refractivity contribution in [2.75, 3.05) is 7.11 Å². The topological polar surface area (TPSA) is 33.1 Å². The van der Waals surface area contributed by atoms with Crippen molar-refractivity contribution in [3.63, 3.8) is 0 Å². The van der Waals surface area contributed by atoms with E-state index in [9.17, 15) is 4.39 Å². The van der Waals surface area contributed by atoms with Crippen molar-refractivity contribution in [2.24, 2.45) is 0 Å². The molecule has 0 fully saturated rings. The number of aryl methyl sites for hydroxylation is 1. The summed E-state index contributed by atoms with van der Waals surface area (Å²) in [4.78, 5) is 0. The third-order valence-corrected chi connectivity index (χ3v) is 1.64. The third-order valence-electron chi connectivity index (χ3n) is 1.64. The van der Waals surface area contributed by atoms with Gasteiger partial charge in [-0.1, -0.05) is 0 Å². The SMILES string of the molecule is COC(=N)c1ccc(F)cc1C.